The van der Waals surface area contributed by atoms with E-state index in [1.165, 1.54) is 0 Å². The highest BCUT2D eigenvalue weighted by atomic mass is 16.4. The third kappa shape index (κ3) is 2.19. The molecule has 19 heavy (non-hydrogen) atoms. The van der Waals surface area contributed by atoms with Crippen LogP contribution in [0.25, 0.3) is 5.78 Å². The molecular formula is C13H16N4O2. The number of hydrogen-bond acceptors (Lipinski definition) is 4. The summed E-state index contributed by atoms with van der Waals surface area (Å²) < 4.78 is 1.85. The van der Waals surface area contributed by atoms with E-state index >= 15 is 0 Å². The van der Waals surface area contributed by atoms with Crippen molar-refractivity contribution in [1.82, 2.24) is 19.3 Å². The Balaban J connectivity index is 1.82. The zero-order valence-corrected chi connectivity index (χ0v) is 10.7. The summed E-state index contributed by atoms with van der Waals surface area (Å²) in [7, 11) is 0. The highest BCUT2D eigenvalue weighted by Crippen LogP contribution is 2.25. The van der Waals surface area contributed by atoms with Gasteiger partial charge in [-0.2, -0.15) is 0 Å². The molecule has 1 saturated heterocycles. The van der Waals surface area contributed by atoms with E-state index in [4.69, 9.17) is 0 Å². The van der Waals surface area contributed by atoms with Gasteiger partial charge in [0.1, 0.15) is 6.04 Å². The largest absolute Gasteiger partial charge is 0.480 e. The van der Waals surface area contributed by atoms with Crippen molar-refractivity contribution in [3.8, 4) is 0 Å². The molecule has 0 spiro atoms. The van der Waals surface area contributed by atoms with Crippen molar-refractivity contribution in [2.45, 2.75) is 25.9 Å². The predicted octanol–water partition coefficient (Wildman–Crippen LogP) is 1.02. The standard InChI is InChI=1S/C13H16N4O2/c1-9-3-6-16(11(9)12(18)19)7-10-8-17-5-2-4-14-13(17)15-10/h2,4-5,8-9,11H,3,6-7H2,1H3,(H,18,19). The van der Waals surface area contributed by atoms with Crippen LogP contribution < -0.4 is 0 Å². The van der Waals surface area contributed by atoms with Gasteiger partial charge < -0.3 is 5.11 Å². The minimum absolute atomic E-state index is 0.188. The monoisotopic (exact) mass is 260 g/mol. The molecule has 100 valence electrons. The quantitative estimate of drug-likeness (QED) is 0.892. The first kappa shape index (κ1) is 12.1. The molecule has 1 aliphatic heterocycles. The van der Waals surface area contributed by atoms with Gasteiger partial charge in [-0.05, 0) is 24.9 Å². The molecule has 0 aliphatic carbocycles. The van der Waals surface area contributed by atoms with Crippen molar-refractivity contribution in [3.05, 3.63) is 30.4 Å². The van der Waals surface area contributed by atoms with Crippen molar-refractivity contribution in [3.63, 3.8) is 0 Å². The Morgan fingerprint density at radius 3 is 3.16 bits per heavy atom. The van der Waals surface area contributed by atoms with Crippen molar-refractivity contribution >= 4 is 11.7 Å². The highest BCUT2D eigenvalue weighted by molar-refractivity contribution is 5.74. The Kier molecular flexibility index (Phi) is 2.94. The molecule has 3 rings (SSSR count). The maximum Gasteiger partial charge on any atom is 0.321 e. The van der Waals surface area contributed by atoms with Crippen LogP contribution in [0.5, 0.6) is 0 Å². The van der Waals surface area contributed by atoms with E-state index in [0.29, 0.717) is 12.3 Å². The third-order valence-electron chi connectivity index (χ3n) is 3.71. The molecule has 0 bridgehead atoms. The number of carboxylic acids is 1. The van der Waals surface area contributed by atoms with E-state index in [2.05, 4.69) is 9.97 Å². The average Bonchev–Trinajstić information content (AvgIpc) is 2.92. The molecule has 0 saturated carbocycles. The second kappa shape index (κ2) is 4.62. The molecule has 2 atom stereocenters. The first-order valence-corrected chi connectivity index (χ1v) is 6.40. The average molecular weight is 260 g/mol. The topological polar surface area (TPSA) is 70.7 Å². The number of hydrogen-bond donors (Lipinski definition) is 1. The maximum atomic E-state index is 11.3. The van der Waals surface area contributed by atoms with Gasteiger partial charge in [0.25, 0.3) is 0 Å². The molecule has 1 fully saturated rings. The molecule has 0 amide bonds. The Morgan fingerprint density at radius 1 is 1.58 bits per heavy atom. The Hall–Kier alpha value is -1.95. The van der Waals surface area contributed by atoms with Gasteiger partial charge in [-0.3, -0.25) is 14.1 Å². The molecular weight excluding hydrogens is 244 g/mol. The summed E-state index contributed by atoms with van der Waals surface area (Å²) in [4.78, 5) is 21.9. The molecule has 0 aromatic carbocycles. The van der Waals surface area contributed by atoms with Crippen molar-refractivity contribution in [2.75, 3.05) is 6.54 Å². The van der Waals surface area contributed by atoms with Gasteiger partial charge in [0.05, 0.1) is 5.69 Å². The van der Waals surface area contributed by atoms with E-state index in [-0.39, 0.29) is 5.92 Å². The number of nitrogens with zero attached hydrogens (tertiary/aromatic N) is 4. The lowest BCUT2D eigenvalue weighted by molar-refractivity contribution is -0.143. The van der Waals surface area contributed by atoms with Crippen molar-refractivity contribution in [1.29, 1.82) is 0 Å². The Morgan fingerprint density at radius 2 is 2.42 bits per heavy atom. The number of fused-ring (bicyclic) bond motifs is 1. The van der Waals surface area contributed by atoms with Crippen LogP contribution in [0.15, 0.2) is 24.7 Å². The summed E-state index contributed by atoms with van der Waals surface area (Å²) in [6.07, 6.45) is 6.41. The summed E-state index contributed by atoms with van der Waals surface area (Å²) in [5, 5.41) is 9.29. The van der Waals surface area contributed by atoms with E-state index < -0.39 is 12.0 Å². The van der Waals surface area contributed by atoms with Crippen LogP contribution in [0.3, 0.4) is 0 Å². The lowest BCUT2D eigenvalue weighted by Crippen LogP contribution is -2.38. The van der Waals surface area contributed by atoms with Crippen LogP contribution in [-0.2, 0) is 11.3 Å². The molecule has 3 heterocycles. The number of aromatic nitrogens is 3. The number of likely N-dealkylation sites (tertiary alicyclic amines) is 1. The molecule has 1 aliphatic rings. The molecule has 2 unspecified atom stereocenters. The zero-order chi connectivity index (χ0) is 13.4. The summed E-state index contributed by atoms with van der Waals surface area (Å²) in [5.41, 5.74) is 0.860. The van der Waals surface area contributed by atoms with Crippen LogP contribution in [-0.4, -0.2) is 42.9 Å². The first-order chi connectivity index (χ1) is 9.15. The zero-order valence-electron chi connectivity index (χ0n) is 10.7. The Labute approximate surface area is 110 Å². The van der Waals surface area contributed by atoms with Crippen LogP contribution >= 0.6 is 0 Å². The fourth-order valence-electron chi connectivity index (χ4n) is 2.77. The highest BCUT2D eigenvalue weighted by Gasteiger charge is 2.36. The van der Waals surface area contributed by atoms with Gasteiger partial charge >= 0.3 is 5.97 Å². The minimum atomic E-state index is -0.744. The summed E-state index contributed by atoms with van der Waals surface area (Å²) >= 11 is 0. The second-order valence-corrected chi connectivity index (χ2v) is 5.08. The SMILES string of the molecule is CC1CCN(Cc2cn3cccnc3n2)C1C(=O)O. The van der Waals surface area contributed by atoms with Gasteiger partial charge in [-0.1, -0.05) is 6.92 Å². The molecule has 6 nitrogen and oxygen atoms in total. The maximum absolute atomic E-state index is 11.3. The normalized spacial score (nSPS) is 24.1. The second-order valence-electron chi connectivity index (χ2n) is 5.08. The molecule has 1 N–H and O–H groups in total. The number of aliphatic carboxylic acids is 1. The van der Waals surface area contributed by atoms with Gasteiger partial charge in [-0.25, -0.2) is 9.97 Å². The number of imidazole rings is 1. The summed E-state index contributed by atoms with van der Waals surface area (Å²) in [5.74, 6) is 0.0937. The van der Waals surface area contributed by atoms with E-state index in [0.717, 1.165) is 18.7 Å². The Bertz CT molecular complexity index is 576. The van der Waals surface area contributed by atoms with E-state index in [1.807, 2.05) is 34.7 Å². The lowest BCUT2D eigenvalue weighted by Gasteiger charge is -2.21. The fraction of sp³-hybridized carbons (Fsp3) is 0.462. The van der Waals surface area contributed by atoms with E-state index in [1.54, 1.807) is 6.20 Å². The van der Waals surface area contributed by atoms with Crippen molar-refractivity contribution in [2.24, 2.45) is 5.92 Å². The lowest BCUT2D eigenvalue weighted by atomic mass is 10.0. The molecule has 2 aromatic rings. The molecule has 2 aromatic heterocycles. The van der Waals surface area contributed by atoms with Gasteiger partial charge in [0.15, 0.2) is 0 Å². The number of rotatable bonds is 3. The van der Waals surface area contributed by atoms with Crippen LogP contribution in [0.1, 0.15) is 19.0 Å². The van der Waals surface area contributed by atoms with Crippen molar-refractivity contribution < 1.29 is 9.90 Å². The summed E-state index contributed by atoms with van der Waals surface area (Å²) in [6, 6.07) is 1.44. The summed E-state index contributed by atoms with van der Waals surface area (Å²) in [6.45, 7) is 3.36. The van der Waals surface area contributed by atoms with Gasteiger partial charge in [-0.15, -0.1) is 0 Å². The first-order valence-electron chi connectivity index (χ1n) is 6.40. The van der Waals surface area contributed by atoms with E-state index in [9.17, 15) is 9.90 Å². The van der Waals surface area contributed by atoms with Gasteiger partial charge in [0, 0.05) is 25.1 Å². The number of carbonyl (C=O) groups is 1. The third-order valence-corrected chi connectivity index (χ3v) is 3.71. The van der Waals surface area contributed by atoms with Crippen LogP contribution in [0, 0.1) is 5.92 Å². The minimum Gasteiger partial charge on any atom is -0.480 e. The molecule has 6 heteroatoms. The predicted molar refractivity (Wildman–Crippen MR) is 68.6 cm³/mol. The van der Waals surface area contributed by atoms with Crippen LogP contribution in [0.4, 0.5) is 0 Å². The smallest absolute Gasteiger partial charge is 0.321 e. The van der Waals surface area contributed by atoms with Crippen LogP contribution in [0.2, 0.25) is 0 Å². The number of carboxylic acid groups (broad SMARTS) is 1. The fourth-order valence-corrected chi connectivity index (χ4v) is 2.77. The van der Waals surface area contributed by atoms with Gasteiger partial charge in [0.2, 0.25) is 5.78 Å². The molecule has 0 radical (unpaired) electrons.